The number of rotatable bonds is 2. The third kappa shape index (κ3) is 2.26. The fourth-order valence-electron chi connectivity index (χ4n) is 5.79. The maximum Gasteiger partial charge on any atom is 0.0177 e. The van der Waals surface area contributed by atoms with Crippen molar-refractivity contribution in [3.63, 3.8) is 0 Å². The van der Waals surface area contributed by atoms with Gasteiger partial charge in [0, 0.05) is 12.1 Å². The number of fused-ring (bicyclic) bond motifs is 2. The van der Waals surface area contributed by atoms with Gasteiger partial charge in [0.1, 0.15) is 0 Å². The summed E-state index contributed by atoms with van der Waals surface area (Å²) in [4.78, 5) is 0. The first-order valence-corrected chi connectivity index (χ1v) is 8.49. The summed E-state index contributed by atoms with van der Waals surface area (Å²) in [5.41, 5.74) is 1.64. The van der Waals surface area contributed by atoms with Crippen LogP contribution in [0, 0.1) is 22.2 Å². The van der Waals surface area contributed by atoms with E-state index in [4.69, 9.17) is 0 Å². The van der Waals surface area contributed by atoms with E-state index in [0.717, 1.165) is 18.0 Å². The Morgan fingerprint density at radius 3 is 2.21 bits per heavy atom. The Bertz CT molecular complexity index is 352. The molecule has 0 aromatic carbocycles. The molecule has 0 heterocycles. The van der Waals surface area contributed by atoms with E-state index in [1.165, 1.54) is 44.9 Å². The Morgan fingerprint density at radius 2 is 1.63 bits per heavy atom. The summed E-state index contributed by atoms with van der Waals surface area (Å²) in [5, 5.41) is 4.14. The molecular weight excluding hydrogens is 230 g/mol. The van der Waals surface area contributed by atoms with Crippen molar-refractivity contribution in [3.05, 3.63) is 0 Å². The lowest BCUT2D eigenvalue weighted by Gasteiger charge is -2.47. The van der Waals surface area contributed by atoms with Crippen molar-refractivity contribution in [3.8, 4) is 0 Å². The Morgan fingerprint density at radius 1 is 0.895 bits per heavy atom. The second-order valence-electron chi connectivity index (χ2n) is 9.47. The fourth-order valence-corrected chi connectivity index (χ4v) is 5.79. The number of nitrogens with one attached hydrogen (secondary N) is 1. The van der Waals surface area contributed by atoms with E-state index < -0.39 is 0 Å². The highest BCUT2D eigenvalue weighted by atomic mass is 15.0. The molecular formula is C18H33N. The minimum absolute atomic E-state index is 0.509. The molecule has 0 saturated heterocycles. The molecule has 3 aliphatic rings. The Balaban J connectivity index is 1.72. The first-order valence-electron chi connectivity index (χ1n) is 8.49. The molecule has 1 nitrogen and oxygen atoms in total. The molecule has 0 aromatic rings. The maximum atomic E-state index is 4.14. The van der Waals surface area contributed by atoms with Crippen LogP contribution in [0.3, 0.4) is 0 Å². The van der Waals surface area contributed by atoms with Crippen LogP contribution in [0.25, 0.3) is 0 Å². The summed E-state index contributed by atoms with van der Waals surface area (Å²) < 4.78 is 0. The minimum atomic E-state index is 0.509. The van der Waals surface area contributed by atoms with Crippen molar-refractivity contribution in [2.24, 2.45) is 22.2 Å². The van der Waals surface area contributed by atoms with Crippen LogP contribution in [0.1, 0.15) is 79.6 Å². The van der Waals surface area contributed by atoms with E-state index in [1.54, 1.807) is 0 Å². The van der Waals surface area contributed by atoms with Crippen LogP contribution in [0.5, 0.6) is 0 Å². The molecule has 110 valence electrons. The van der Waals surface area contributed by atoms with Gasteiger partial charge in [0.25, 0.3) is 0 Å². The third-order valence-electron chi connectivity index (χ3n) is 6.88. The van der Waals surface area contributed by atoms with Crippen molar-refractivity contribution in [2.45, 2.75) is 91.6 Å². The van der Waals surface area contributed by atoms with Gasteiger partial charge in [-0.1, -0.05) is 41.0 Å². The van der Waals surface area contributed by atoms with Crippen LogP contribution in [-0.2, 0) is 0 Å². The maximum absolute atomic E-state index is 4.14. The zero-order valence-electron chi connectivity index (χ0n) is 13.7. The second kappa shape index (κ2) is 4.23. The molecule has 0 radical (unpaired) electrons. The van der Waals surface area contributed by atoms with E-state index in [9.17, 15) is 0 Å². The largest absolute Gasteiger partial charge is 0.310 e. The summed E-state index contributed by atoms with van der Waals surface area (Å²) >= 11 is 0. The molecule has 19 heavy (non-hydrogen) atoms. The summed E-state index contributed by atoms with van der Waals surface area (Å²) in [6.45, 7) is 12.5. The smallest absolute Gasteiger partial charge is 0.0177 e. The molecule has 2 bridgehead atoms. The Kier molecular flexibility index (Phi) is 3.10. The molecule has 3 fully saturated rings. The predicted molar refractivity (Wildman–Crippen MR) is 82.2 cm³/mol. The molecule has 1 N–H and O–H groups in total. The summed E-state index contributed by atoms with van der Waals surface area (Å²) in [6.07, 6.45) is 9.99. The summed E-state index contributed by atoms with van der Waals surface area (Å²) in [7, 11) is 0. The van der Waals surface area contributed by atoms with Crippen LogP contribution in [0.2, 0.25) is 0 Å². The minimum Gasteiger partial charge on any atom is -0.310 e. The van der Waals surface area contributed by atoms with Gasteiger partial charge in [0.2, 0.25) is 0 Å². The topological polar surface area (TPSA) is 12.0 Å². The molecule has 3 rings (SSSR count). The van der Waals surface area contributed by atoms with E-state index in [2.05, 4.69) is 39.9 Å². The van der Waals surface area contributed by atoms with Gasteiger partial charge in [-0.25, -0.2) is 0 Å². The molecule has 0 aromatic heterocycles. The van der Waals surface area contributed by atoms with Gasteiger partial charge in [-0.3, -0.25) is 0 Å². The molecule has 1 heteroatoms. The highest BCUT2D eigenvalue weighted by molar-refractivity contribution is 5.12. The van der Waals surface area contributed by atoms with E-state index in [0.29, 0.717) is 16.2 Å². The van der Waals surface area contributed by atoms with Gasteiger partial charge < -0.3 is 5.32 Å². The van der Waals surface area contributed by atoms with Crippen molar-refractivity contribution >= 4 is 0 Å². The number of hydrogen-bond acceptors (Lipinski definition) is 1. The van der Waals surface area contributed by atoms with Crippen LogP contribution in [0.4, 0.5) is 0 Å². The SMILES string of the molecule is CC1(C)CCCC(NC2C3(C)CCC(C3)C2(C)C)C1. The first kappa shape index (κ1) is 13.9. The summed E-state index contributed by atoms with van der Waals surface area (Å²) in [6, 6.07) is 1.52. The molecule has 0 aliphatic heterocycles. The molecule has 4 atom stereocenters. The van der Waals surface area contributed by atoms with Crippen LogP contribution >= 0.6 is 0 Å². The van der Waals surface area contributed by atoms with Crippen LogP contribution < -0.4 is 5.32 Å². The average Bonchev–Trinajstić information content (AvgIpc) is 2.74. The van der Waals surface area contributed by atoms with Crippen molar-refractivity contribution in [2.75, 3.05) is 0 Å². The highest BCUT2D eigenvalue weighted by Crippen LogP contribution is 2.62. The van der Waals surface area contributed by atoms with Gasteiger partial charge in [-0.05, 0) is 60.7 Å². The Hall–Kier alpha value is -0.0400. The van der Waals surface area contributed by atoms with E-state index in [-0.39, 0.29) is 0 Å². The average molecular weight is 263 g/mol. The first-order chi connectivity index (χ1) is 8.73. The normalized spacial score (nSPS) is 47.5. The lowest BCUT2D eigenvalue weighted by molar-refractivity contribution is 0.0786. The zero-order valence-corrected chi connectivity index (χ0v) is 13.7. The molecule has 3 aliphatic carbocycles. The van der Waals surface area contributed by atoms with Gasteiger partial charge in [-0.2, -0.15) is 0 Å². The standard InChI is InChI=1S/C18H33N/c1-16(2)9-6-7-14(12-16)19-15-17(3,4)13-8-10-18(15,5)11-13/h13-15,19H,6-12H2,1-5H3. The number of hydrogen-bond donors (Lipinski definition) is 1. The van der Waals surface area contributed by atoms with Crippen molar-refractivity contribution < 1.29 is 0 Å². The quantitative estimate of drug-likeness (QED) is 0.757. The zero-order chi connectivity index (χ0) is 13.9. The van der Waals surface area contributed by atoms with Gasteiger partial charge >= 0.3 is 0 Å². The van der Waals surface area contributed by atoms with Gasteiger partial charge in [0.15, 0.2) is 0 Å². The monoisotopic (exact) mass is 263 g/mol. The summed E-state index contributed by atoms with van der Waals surface area (Å²) in [5.74, 6) is 0.964. The second-order valence-corrected chi connectivity index (χ2v) is 9.47. The lowest BCUT2D eigenvalue weighted by atomic mass is 9.67. The van der Waals surface area contributed by atoms with Crippen LogP contribution in [0.15, 0.2) is 0 Å². The Labute approximate surface area is 119 Å². The van der Waals surface area contributed by atoms with E-state index in [1.807, 2.05) is 0 Å². The fraction of sp³-hybridized carbons (Fsp3) is 1.00. The van der Waals surface area contributed by atoms with Crippen molar-refractivity contribution in [1.82, 2.24) is 5.32 Å². The predicted octanol–water partition coefficient (Wildman–Crippen LogP) is 4.76. The molecule has 3 saturated carbocycles. The molecule has 0 spiro atoms. The highest BCUT2D eigenvalue weighted by Gasteiger charge is 2.59. The van der Waals surface area contributed by atoms with E-state index >= 15 is 0 Å². The van der Waals surface area contributed by atoms with Crippen LogP contribution in [-0.4, -0.2) is 12.1 Å². The van der Waals surface area contributed by atoms with Crippen molar-refractivity contribution in [1.29, 1.82) is 0 Å². The van der Waals surface area contributed by atoms with Gasteiger partial charge in [0.05, 0.1) is 0 Å². The lowest BCUT2D eigenvalue weighted by Crippen LogP contribution is -2.55. The van der Waals surface area contributed by atoms with Gasteiger partial charge in [-0.15, -0.1) is 0 Å². The third-order valence-corrected chi connectivity index (χ3v) is 6.88. The molecule has 4 unspecified atom stereocenters. The molecule has 0 amide bonds.